The standard InChI is InChI=1S/C19H28N2OSi/c1-20(2)19-13-15(17-11-7-8-12-18(17)19)14-23(22)21(3)16-9-5-4-6-10-16/h7-8,11-13,15-16H,4-6,9-10,14H2,1-3H3. The van der Waals surface area contributed by atoms with Crippen LogP contribution in [0.5, 0.6) is 0 Å². The average molecular weight is 329 g/mol. The summed E-state index contributed by atoms with van der Waals surface area (Å²) in [5, 5.41) is 0. The molecule has 1 atom stereocenters. The molecule has 0 spiro atoms. The summed E-state index contributed by atoms with van der Waals surface area (Å²) < 4.78 is 15.2. The van der Waals surface area contributed by atoms with E-state index in [9.17, 15) is 4.46 Å². The largest absolute Gasteiger partial charge is 0.395 e. The maximum atomic E-state index is 13.0. The lowest BCUT2D eigenvalue weighted by atomic mass is 9.96. The first kappa shape index (κ1) is 16.4. The second-order valence-electron chi connectivity index (χ2n) is 7.14. The van der Waals surface area contributed by atoms with Crippen molar-refractivity contribution in [3.8, 4) is 0 Å². The Kier molecular flexibility index (Phi) is 5.00. The van der Waals surface area contributed by atoms with Crippen LogP contribution in [0.1, 0.15) is 49.1 Å². The Morgan fingerprint density at radius 1 is 1.09 bits per heavy atom. The molecule has 124 valence electrons. The van der Waals surface area contributed by atoms with Crippen molar-refractivity contribution in [2.24, 2.45) is 0 Å². The fourth-order valence-corrected chi connectivity index (χ4v) is 5.65. The third-order valence-corrected chi connectivity index (χ3v) is 7.33. The highest BCUT2D eigenvalue weighted by Crippen LogP contribution is 2.39. The molecule has 3 nitrogen and oxygen atoms in total. The van der Waals surface area contributed by atoms with Gasteiger partial charge in [-0.05, 0) is 18.4 Å². The van der Waals surface area contributed by atoms with E-state index in [1.54, 1.807) is 0 Å². The first-order valence-corrected chi connectivity index (χ1v) is 10.4. The Bertz CT molecular complexity index is 605. The Morgan fingerprint density at radius 3 is 2.48 bits per heavy atom. The Hall–Kier alpha value is -1.42. The van der Waals surface area contributed by atoms with Crippen LogP contribution in [-0.2, 0) is 4.46 Å². The predicted octanol–water partition coefficient (Wildman–Crippen LogP) is 3.87. The number of fused-ring (bicyclic) bond motifs is 1. The second-order valence-corrected chi connectivity index (χ2v) is 9.04. The minimum atomic E-state index is -1.72. The summed E-state index contributed by atoms with van der Waals surface area (Å²) >= 11 is 0. The van der Waals surface area contributed by atoms with Crippen LogP contribution in [-0.4, -0.2) is 45.5 Å². The quantitative estimate of drug-likeness (QED) is 0.767. The molecule has 1 saturated carbocycles. The van der Waals surface area contributed by atoms with E-state index >= 15 is 0 Å². The maximum Gasteiger partial charge on any atom is 0.395 e. The number of nitrogens with zero attached hydrogens (tertiary/aromatic N) is 2. The number of allylic oxidation sites excluding steroid dienone is 1. The first-order chi connectivity index (χ1) is 11.1. The van der Waals surface area contributed by atoms with Gasteiger partial charge >= 0.3 is 8.84 Å². The lowest BCUT2D eigenvalue weighted by Gasteiger charge is -2.31. The van der Waals surface area contributed by atoms with Crippen LogP contribution >= 0.6 is 0 Å². The topological polar surface area (TPSA) is 23.6 Å². The number of hydrogen-bond acceptors (Lipinski definition) is 2. The van der Waals surface area contributed by atoms with Crippen molar-refractivity contribution < 1.29 is 4.46 Å². The van der Waals surface area contributed by atoms with Crippen LogP contribution in [0.15, 0.2) is 30.3 Å². The maximum absolute atomic E-state index is 13.0. The van der Waals surface area contributed by atoms with Crippen molar-refractivity contribution in [2.75, 3.05) is 21.1 Å². The lowest BCUT2D eigenvalue weighted by Crippen LogP contribution is -2.40. The Morgan fingerprint density at radius 2 is 1.78 bits per heavy atom. The van der Waals surface area contributed by atoms with E-state index < -0.39 is 8.84 Å². The molecule has 1 aromatic rings. The van der Waals surface area contributed by atoms with Gasteiger partial charge in [0.05, 0.1) is 0 Å². The molecule has 1 aromatic carbocycles. The molecule has 0 aromatic heterocycles. The van der Waals surface area contributed by atoms with E-state index in [2.05, 4.69) is 60.9 Å². The third-order valence-electron chi connectivity index (χ3n) is 5.39. The van der Waals surface area contributed by atoms with Gasteiger partial charge in [0.2, 0.25) is 0 Å². The molecule has 0 amide bonds. The summed E-state index contributed by atoms with van der Waals surface area (Å²) in [4.78, 5) is 2.17. The lowest BCUT2D eigenvalue weighted by molar-refractivity contribution is 0.271. The van der Waals surface area contributed by atoms with Gasteiger partial charge in [0.15, 0.2) is 0 Å². The SMILES string of the molecule is CN(C)C1=CC(C[Si](=O)N(C)C2CCCCC2)c2ccccc21. The van der Waals surface area contributed by atoms with Crippen LogP contribution in [0.2, 0.25) is 6.04 Å². The number of rotatable bonds is 5. The molecule has 23 heavy (non-hydrogen) atoms. The predicted molar refractivity (Wildman–Crippen MR) is 96.7 cm³/mol. The van der Waals surface area contributed by atoms with Gasteiger partial charge in [-0.25, -0.2) is 0 Å². The molecule has 4 heteroatoms. The smallest absolute Gasteiger partial charge is 0.377 e. The summed E-state index contributed by atoms with van der Waals surface area (Å²) in [6.07, 6.45) is 8.67. The molecular formula is C19H28N2OSi. The molecule has 0 N–H and O–H groups in total. The highest BCUT2D eigenvalue weighted by atomic mass is 28.3. The summed E-state index contributed by atoms with van der Waals surface area (Å²) in [5.74, 6) is 0.293. The van der Waals surface area contributed by atoms with E-state index in [-0.39, 0.29) is 0 Å². The fraction of sp³-hybridized carbons (Fsp3) is 0.579. The molecule has 0 saturated heterocycles. The van der Waals surface area contributed by atoms with Crippen LogP contribution in [0.25, 0.3) is 5.70 Å². The van der Waals surface area contributed by atoms with Crippen LogP contribution in [0.4, 0.5) is 0 Å². The van der Waals surface area contributed by atoms with Crippen LogP contribution < -0.4 is 0 Å². The highest BCUT2D eigenvalue weighted by molar-refractivity contribution is 6.39. The summed E-state index contributed by atoms with van der Waals surface area (Å²) in [7, 11) is 4.53. The number of hydrogen-bond donors (Lipinski definition) is 0. The minimum absolute atomic E-state index is 0.293. The molecule has 3 rings (SSSR count). The molecule has 2 aliphatic rings. The zero-order chi connectivity index (χ0) is 16.4. The normalized spacial score (nSPS) is 20.8. The van der Waals surface area contributed by atoms with E-state index in [1.165, 1.54) is 48.9 Å². The van der Waals surface area contributed by atoms with E-state index in [1.807, 2.05) is 0 Å². The van der Waals surface area contributed by atoms with Gasteiger partial charge in [0, 0.05) is 50.4 Å². The molecule has 1 unspecified atom stereocenters. The van der Waals surface area contributed by atoms with Crippen molar-refractivity contribution >= 4 is 14.5 Å². The summed E-state index contributed by atoms with van der Waals surface area (Å²) in [5.41, 5.74) is 3.91. The second kappa shape index (κ2) is 6.99. The molecule has 2 aliphatic carbocycles. The van der Waals surface area contributed by atoms with Gasteiger partial charge in [0.1, 0.15) is 0 Å². The van der Waals surface area contributed by atoms with Crippen molar-refractivity contribution in [1.82, 2.24) is 9.47 Å². The zero-order valence-corrected chi connectivity index (χ0v) is 15.6. The van der Waals surface area contributed by atoms with Crippen LogP contribution in [0, 0.1) is 0 Å². The van der Waals surface area contributed by atoms with E-state index in [4.69, 9.17) is 0 Å². The van der Waals surface area contributed by atoms with Gasteiger partial charge in [-0.2, -0.15) is 0 Å². The van der Waals surface area contributed by atoms with Crippen molar-refractivity contribution in [3.63, 3.8) is 0 Å². The van der Waals surface area contributed by atoms with Crippen LogP contribution in [0.3, 0.4) is 0 Å². The van der Waals surface area contributed by atoms with Crippen molar-refractivity contribution in [3.05, 3.63) is 41.5 Å². The molecule has 0 aliphatic heterocycles. The molecule has 0 bridgehead atoms. The average Bonchev–Trinajstić information content (AvgIpc) is 2.94. The first-order valence-electron chi connectivity index (χ1n) is 8.82. The Labute approximate surface area is 141 Å². The Balaban J connectivity index is 1.73. The molecule has 1 fully saturated rings. The summed E-state index contributed by atoms with van der Waals surface area (Å²) in [6.45, 7) is 0. The van der Waals surface area contributed by atoms with Gasteiger partial charge in [0.25, 0.3) is 0 Å². The monoisotopic (exact) mass is 328 g/mol. The molecule has 0 radical (unpaired) electrons. The van der Waals surface area contributed by atoms with E-state index in [0.29, 0.717) is 12.0 Å². The van der Waals surface area contributed by atoms with Gasteiger partial charge in [-0.15, -0.1) is 0 Å². The van der Waals surface area contributed by atoms with Gasteiger partial charge in [-0.1, -0.05) is 49.6 Å². The zero-order valence-electron chi connectivity index (χ0n) is 14.6. The highest BCUT2D eigenvalue weighted by Gasteiger charge is 2.30. The third kappa shape index (κ3) is 3.42. The molecule has 0 heterocycles. The van der Waals surface area contributed by atoms with Crippen molar-refractivity contribution in [1.29, 1.82) is 0 Å². The molecular weight excluding hydrogens is 300 g/mol. The van der Waals surface area contributed by atoms with Gasteiger partial charge in [-0.3, -0.25) is 0 Å². The minimum Gasteiger partial charge on any atom is -0.377 e. The van der Waals surface area contributed by atoms with E-state index in [0.717, 1.165) is 6.04 Å². The fourth-order valence-electron chi connectivity index (χ4n) is 3.99. The summed E-state index contributed by atoms with van der Waals surface area (Å²) in [6, 6.07) is 9.87. The van der Waals surface area contributed by atoms with Crippen molar-refractivity contribution in [2.45, 2.75) is 50.1 Å². The number of benzene rings is 1. The van der Waals surface area contributed by atoms with Gasteiger partial charge < -0.3 is 13.9 Å².